The highest BCUT2D eigenvalue weighted by Gasteiger charge is 2.04. The van der Waals surface area contributed by atoms with E-state index in [1.54, 1.807) is 0 Å². The summed E-state index contributed by atoms with van der Waals surface area (Å²) in [6, 6.07) is 10.4. The van der Waals surface area contributed by atoms with Crippen LogP contribution in [0.1, 0.15) is 10.4 Å². The molecule has 1 rings (SSSR count). The molecule has 1 atom stereocenters. The molecule has 1 aromatic rings. The lowest BCUT2D eigenvalue weighted by molar-refractivity contribution is 0.719. The Morgan fingerprint density at radius 2 is 1.92 bits per heavy atom. The third-order valence-electron chi connectivity index (χ3n) is 1.76. The van der Waals surface area contributed by atoms with Crippen molar-refractivity contribution in [2.45, 2.75) is 4.83 Å². The Labute approximate surface area is 96.2 Å². The monoisotopic (exact) mass is 305 g/mol. The van der Waals surface area contributed by atoms with Crippen LogP contribution < -0.4 is 5.32 Å². The second-order valence-corrected chi connectivity index (χ2v) is 4.67. The predicted octanol–water partition coefficient (Wildman–Crippen LogP) is 3.11. The Morgan fingerprint density at radius 1 is 1.23 bits per heavy atom. The van der Waals surface area contributed by atoms with E-state index in [0.29, 0.717) is 4.83 Å². The maximum atomic E-state index is 3.64. The molecule has 1 unspecified atom stereocenters. The average molecular weight is 307 g/mol. The van der Waals surface area contributed by atoms with Gasteiger partial charge in [0, 0.05) is 18.4 Å². The molecule has 0 aliphatic rings. The third-order valence-corrected chi connectivity index (χ3v) is 3.00. The van der Waals surface area contributed by atoms with Gasteiger partial charge in [-0.25, -0.2) is 0 Å². The van der Waals surface area contributed by atoms with Gasteiger partial charge in [-0.2, -0.15) is 0 Å². The average Bonchev–Trinajstić information content (AvgIpc) is 2.19. The smallest absolute Gasteiger partial charge is 0.0519 e. The second kappa shape index (κ2) is 6.57. The van der Waals surface area contributed by atoms with Gasteiger partial charge in [-0.3, -0.25) is 0 Å². The van der Waals surface area contributed by atoms with Gasteiger partial charge in [-0.1, -0.05) is 62.2 Å². The number of hydrogen-bond acceptors (Lipinski definition) is 1. The summed E-state index contributed by atoms with van der Waals surface area (Å²) in [5.41, 5.74) is 1.32. The van der Waals surface area contributed by atoms with Gasteiger partial charge in [0.25, 0.3) is 0 Å². The van der Waals surface area contributed by atoms with Crippen molar-refractivity contribution in [1.29, 1.82) is 0 Å². The first kappa shape index (κ1) is 11.2. The number of alkyl halides is 2. The molecule has 72 valence electrons. The molecule has 3 heteroatoms. The van der Waals surface area contributed by atoms with E-state index in [4.69, 9.17) is 0 Å². The molecule has 0 spiro atoms. The highest BCUT2D eigenvalue weighted by Crippen LogP contribution is 2.20. The number of rotatable bonds is 5. The fraction of sp³-hybridized carbons (Fsp3) is 0.400. The van der Waals surface area contributed by atoms with Crippen molar-refractivity contribution in [1.82, 2.24) is 5.32 Å². The van der Waals surface area contributed by atoms with E-state index >= 15 is 0 Å². The lowest BCUT2D eigenvalue weighted by atomic mass is 10.1. The lowest BCUT2D eigenvalue weighted by Crippen LogP contribution is -2.20. The first-order valence-corrected chi connectivity index (χ1v) is 6.34. The van der Waals surface area contributed by atoms with Crippen molar-refractivity contribution >= 4 is 31.9 Å². The highest BCUT2D eigenvalue weighted by atomic mass is 79.9. The van der Waals surface area contributed by atoms with Crippen LogP contribution >= 0.6 is 31.9 Å². The zero-order valence-corrected chi connectivity index (χ0v) is 10.5. The molecule has 1 N–H and O–H groups in total. The molecule has 0 radical (unpaired) electrons. The first-order valence-electron chi connectivity index (χ1n) is 4.30. The Hall–Kier alpha value is 0.140. The van der Waals surface area contributed by atoms with E-state index in [9.17, 15) is 0 Å². The summed E-state index contributed by atoms with van der Waals surface area (Å²) < 4.78 is 0. The van der Waals surface area contributed by atoms with Crippen LogP contribution in [0.3, 0.4) is 0 Å². The molecule has 0 aliphatic heterocycles. The number of benzene rings is 1. The zero-order chi connectivity index (χ0) is 9.52. The molecule has 0 heterocycles. The summed E-state index contributed by atoms with van der Waals surface area (Å²) in [6.07, 6.45) is 0. The summed E-state index contributed by atoms with van der Waals surface area (Å²) in [4.78, 5) is 0.410. The molecule has 1 aromatic carbocycles. The van der Waals surface area contributed by atoms with Crippen LogP contribution in [0.4, 0.5) is 0 Å². The van der Waals surface area contributed by atoms with E-state index in [1.165, 1.54) is 5.56 Å². The maximum Gasteiger partial charge on any atom is 0.0519 e. The van der Waals surface area contributed by atoms with E-state index < -0.39 is 0 Å². The first-order chi connectivity index (χ1) is 6.34. The minimum atomic E-state index is 0.410. The van der Waals surface area contributed by atoms with Gasteiger partial charge >= 0.3 is 0 Å². The fourth-order valence-corrected chi connectivity index (χ4v) is 1.89. The van der Waals surface area contributed by atoms with Gasteiger partial charge < -0.3 is 5.32 Å². The molecule has 0 saturated heterocycles. The molecule has 0 aliphatic carbocycles. The molecular weight excluding hydrogens is 294 g/mol. The summed E-state index contributed by atoms with van der Waals surface area (Å²) in [6.45, 7) is 1.98. The van der Waals surface area contributed by atoms with Crippen molar-refractivity contribution in [3.05, 3.63) is 35.9 Å². The Bertz CT molecular complexity index is 226. The van der Waals surface area contributed by atoms with E-state index in [-0.39, 0.29) is 0 Å². The summed E-state index contributed by atoms with van der Waals surface area (Å²) in [7, 11) is 0. The minimum absolute atomic E-state index is 0.410. The standard InChI is InChI=1S/C10H13Br2N/c11-6-7-13-8-10(12)9-4-2-1-3-5-9/h1-5,10,13H,6-8H2. The van der Waals surface area contributed by atoms with Crippen LogP contribution in [-0.4, -0.2) is 18.4 Å². The molecule has 0 fully saturated rings. The largest absolute Gasteiger partial charge is 0.314 e. The van der Waals surface area contributed by atoms with Gasteiger partial charge in [0.05, 0.1) is 4.83 Å². The van der Waals surface area contributed by atoms with Gasteiger partial charge in [0.15, 0.2) is 0 Å². The SMILES string of the molecule is BrCCNCC(Br)c1ccccc1. The van der Waals surface area contributed by atoms with Gasteiger partial charge in [-0.05, 0) is 5.56 Å². The van der Waals surface area contributed by atoms with Crippen LogP contribution in [0.5, 0.6) is 0 Å². The quantitative estimate of drug-likeness (QED) is 0.651. The zero-order valence-electron chi connectivity index (χ0n) is 7.34. The predicted molar refractivity (Wildman–Crippen MR) is 64.8 cm³/mol. The Kier molecular flexibility index (Phi) is 5.67. The summed E-state index contributed by atoms with van der Waals surface area (Å²) in [5, 5.41) is 4.34. The van der Waals surface area contributed by atoms with Crippen LogP contribution in [-0.2, 0) is 0 Å². The second-order valence-electron chi connectivity index (χ2n) is 2.77. The topological polar surface area (TPSA) is 12.0 Å². The molecule has 0 amide bonds. The van der Waals surface area contributed by atoms with E-state index in [0.717, 1.165) is 18.4 Å². The molecule has 0 bridgehead atoms. The van der Waals surface area contributed by atoms with Crippen LogP contribution in [0.25, 0.3) is 0 Å². The highest BCUT2D eigenvalue weighted by molar-refractivity contribution is 9.09. The van der Waals surface area contributed by atoms with Gasteiger partial charge in [0.1, 0.15) is 0 Å². The van der Waals surface area contributed by atoms with Crippen molar-refractivity contribution in [2.24, 2.45) is 0 Å². The lowest BCUT2D eigenvalue weighted by Gasteiger charge is -2.10. The fourth-order valence-electron chi connectivity index (χ4n) is 1.08. The van der Waals surface area contributed by atoms with Gasteiger partial charge in [0.2, 0.25) is 0 Å². The van der Waals surface area contributed by atoms with Crippen LogP contribution in [0.2, 0.25) is 0 Å². The minimum Gasteiger partial charge on any atom is -0.314 e. The van der Waals surface area contributed by atoms with Crippen LogP contribution in [0.15, 0.2) is 30.3 Å². The molecule has 1 nitrogen and oxygen atoms in total. The van der Waals surface area contributed by atoms with E-state index in [2.05, 4.69) is 61.4 Å². The summed E-state index contributed by atoms with van der Waals surface area (Å²) >= 11 is 7.02. The number of halogens is 2. The van der Waals surface area contributed by atoms with Crippen molar-refractivity contribution in [2.75, 3.05) is 18.4 Å². The number of hydrogen-bond donors (Lipinski definition) is 1. The van der Waals surface area contributed by atoms with Crippen molar-refractivity contribution < 1.29 is 0 Å². The normalized spacial score (nSPS) is 12.8. The van der Waals surface area contributed by atoms with Crippen molar-refractivity contribution in [3.8, 4) is 0 Å². The maximum absolute atomic E-state index is 3.64. The Balaban J connectivity index is 2.35. The van der Waals surface area contributed by atoms with E-state index in [1.807, 2.05) is 6.07 Å². The molecule has 0 aromatic heterocycles. The molecule has 0 saturated carbocycles. The number of nitrogens with one attached hydrogen (secondary N) is 1. The van der Waals surface area contributed by atoms with Crippen LogP contribution in [0, 0.1) is 0 Å². The van der Waals surface area contributed by atoms with Gasteiger partial charge in [-0.15, -0.1) is 0 Å². The van der Waals surface area contributed by atoms with Crippen molar-refractivity contribution in [3.63, 3.8) is 0 Å². The summed E-state index contributed by atoms with van der Waals surface area (Å²) in [5.74, 6) is 0. The molecule has 13 heavy (non-hydrogen) atoms. The third kappa shape index (κ3) is 4.25. The molecular formula is C10H13Br2N. The Morgan fingerprint density at radius 3 is 2.54 bits per heavy atom.